The lowest BCUT2D eigenvalue weighted by atomic mass is 10.1. The minimum absolute atomic E-state index is 0.0103. The number of rotatable bonds is 5. The van der Waals surface area contributed by atoms with Gasteiger partial charge in [0.05, 0.1) is 11.5 Å². The molecule has 1 aliphatic heterocycles. The number of benzene rings is 2. The first-order valence-corrected chi connectivity index (χ1v) is 7.96. The van der Waals surface area contributed by atoms with Crippen LogP contribution in [0.3, 0.4) is 0 Å². The molecule has 1 heterocycles. The van der Waals surface area contributed by atoms with Crippen LogP contribution in [0.25, 0.3) is 0 Å². The van der Waals surface area contributed by atoms with E-state index in [1.54, 1.807) is 6.92 Å². The highest BCUT2D eigenvalue weighted by Gasteiger charge is 2.15. The lowest BCUT2D eigenvalue weighted by Crippen LogP contribution is -2.34. The zero-order valence-electron chi connectivity index (χ0n) is 13.8. The maximum Gasteiger partial charge on any atom is 0.272 e. The molecule has 2 N–H and O–H groups in total. The van der Waals surface area contributed by atoms with Crippen molar-refractivity contribution in [2.24, 2.45) is 4.99 Å². The van der Waals surface area contributed by atoms with E-state index in [0.717, 1.165) is 11.4 Å². The number of hydrogen-bond donors (Lipinski definition) is 2. The minimum Gasteiger partial charge on any atom is -0.368 e. The molecule has 1 aliphatic rings. The van der Waals surface area contributed by atoms with Crippen LogP contribution in [0.2, 0.25) is 0 Å². The predicted octanol–water partition coefficient (Wildman–Crippen LogP) is 2.18. The molecule has 2 aromatic carbocycles. The van der Waals surface area contributed by atoms with E-state index in [-0.39, 0.29) is 11.6 Å². The zero-order valence-corrected chi connectivity index (χ0v) is 13.8. The summed E-state index contributed by atoms with van der Waals surface area (Å²) >= 11 is 0. The topological polar surface area (TPSA) is 96.6 Å². The van der Waals surface area contributed by atoms with Crippen LogP contribution in [0.15, 0.2) is 47.5 Å². The number of aliphatic imine (C=N–C) groups is 1. The van der Waals surface area contributed by atoms with Gasteiger partial charge >= 0.3 is 0 Å². The number of aryl methyl sites for hydroxylation is 1. The van der Waals surface area contributed by atoms with Gasteiger partial charge in [-0.2, -0.15) is 0 Å². The Morgan fingerprint density at radius 2 is 2.04 bits per heavy atom. The molecule has 0 bridgehead atoms. The molecule has 0 atom stereocenters. The van der Waals surface area contributed by atoms with Gasteiger partial charge in [0.25, 0.3) is 11.6 Å². The lowest BCUT2D eigenvalue weighted by Gasteiger charge is -2.09. The summed E-state index contributed by atoms with van der Waals surface area (Å²) in [5.74, 6) is 0.588. The van der Waals surface area contributed by atoms with Crippen LogP contribution < -0.4 is 10.6 Å². The number of amides is 1. The van der Waals surface area contributed by atoms with Crippen LogP contribution in [0.4, 0.5) is 5.69 Å². The average Bonchev–Trinajstić information content (AvgIpc) is 3.01. The van der Waals surface area contributed by atoms with Crippen LogP contribution in [-0.2, 0) is 6.54 Å². The Hall–Kier alpha value is -3.22. The van der Waals surface area contributed by atoms with Gasteiger partial charge in [0, 0.05) is 35.8 Å². The van der Waals surface area contributed by atoms with Gasteiger partial charge in [-0.25, -0.2) is 0 Å². The van der Waals surface area contributed by atoms with E-state index in [4.69, 9.17) is 0 Å². The number of nitro groups is 1. The Labute approximate surface area is 144 Å². The zero-order chi connectivity index (χ0) is 17.8. The minimum atomic E-state index is -0.457. The van der Waals surface area contributed by atoms with Crippen molar-refractivity contribution >= 4 is 17.4 Å². The number of hydrogen-bond acceptors (Lipinski definition) is 5. The van der Waals surface area contributed by atoms with E-state index in [2.05, 4.69) is 15.6 Å². The van der Waals surface area contributed by atoms with Crippen molar-refractivity contribution in [3.63, 3.8) is 0 Å². The van der Waals surface area contributed by atoms with Crippen LogP contribution >= 0.6 is 0 Å². The summed E-state index contributed by atoms with van der Waals surface area (Å²) in [6.07, 6.45) is 0. The van der Waals surface area contributed by atoms with Crippen molar-refractivity contribution in [2.45, 2.75) is 13.5 Å². The molecule has 25 heavy (non-hydrogen) atoms. The second-order valence-corrected chi connectivity index (χ2v) is 5.76. The summed E-state index contributed by atoms with van der Waals surface area (Å²) in [5, 5.41) is 16.8. The number of fused-ring (bicyclic) bond motifs is 1. The largest absolute Gasteiger partial charge is 0.368 e. The molecule has 0 saturated heterocycles. The van der Waals surface area contributed by atoms with E-state index < -0.39 is 4.92 Å². The van der Waals surface area contributed by atoms with Crippen molar-refractivity contribution in [3.8, 4) is 0 Å². The smallest absolute Gasteiger partial charge is 0.272 e. The number of nitro benzene ring substituents is 1. The molecule has 2 aromatic rings. The molecular weight excluding hydrogens is 320 g/mol. The molecule has 0 radical (unpaired) electrons. The van der Waals surface area contributed by atoms with Gasteiger partial charge in [-0.15, -0.1) is 0 Å². The quantitative estimate of drug-likeness (QED) is 0.496. The monoisotopic (exact) mass is 338 g/mol. The third kappa shape index (κ3) is 3.65. The lowest BCUT2D eigenvalue weighted by molar-refractivity contribution is -0.385. The summed E-state index contributed by atoms with van der Waals surface area (Å²) in [5.41, 5.74) is 3.17. The van der Waals surface area contributed by atoms with Gasteiger partial charge in [-0.3, -0.25) is 19.9 Å². The van der Waals surface area contributed by atoms with Crippen LogP contribution in [0.5, 0.6) is 0 Å². The van der Waals surface area contributed by atoms with Crippen molar-refractivity contribution in [1.82, 2.24) is 10.6 Å². The molecular formula is C18H18N4O3. The Bertz CT molecular complexity index is 861. The number of carbonyl (C=O) groups is 1. The van der Waals surface area contributed by atoms with Crippen molar-refractivity contribution in [3.05, 3.63) is 74.8 Å². The number of carbonyl (C=O) groups excluding carboxylic acids is 1. The summed E-state index contributed by atoms with van der Waals surface area (Å²) in [7, 11) is 0. The summed E-state index contributed by atoms with van der Waals surface area (Å²) in [6.45, 7) is 3.26. The molecule has 0 spiro atoms. The molecule has 3 rings (SSSR count). The van der Waals surface area contributed by atoms with Gasteiger partial charge in [-0.1, -0.05) is 24.3 Å². The molecule has 0 saturated carbocycles. The Morgan fingerprint density at radius 1 is 1.24 bits per heavy atom. The third-order valence-corrected chi connectivity index (χ3v) is 4.04. The fourth-order valence-corrected chi connectivity index (χ4v) is 2.75. The molecule has 0 aliphatic carbocycles. The fraction of sp³-hybridized carbons (Fsp3) is 0.222. The summed E-state index contributed by atoms with van der Waals surface area (Å²) in [6, 6.07) is 12.4. The number of nitrogens with one attached hydrogen (secondary N) is 2. The Kier molecular flexibility index (Phi) is 4.74. The normalized spacial score (nSPS) is 12.3. The van der Waals surface area contributed by atoms with E-state index >= 15 is 0 Å². The molecule has 128 valence electrons. The van der Waals surface area contributed by atoms with E-state index in [1.807, 2.05) is 24.3 Å². The predicted molar refractivity (Wildman–Crippen MR) is 94.9 cm³/mol. The molecule has 1 amide bonds. The highest BCUT2D eigenvalue weighted by Crippen LogP contribution is 2.19. The molecule has 0 fully saturated rings. The highest BCUT2D eigenvalue weighted by molar-refractivity contribution is 6.02. The maximum absolute atomic E-state index is 12.1. The third-order valence-electron chi connectivity index (χ3n) is 4.04. The Morgan fingerprint density at radius 3 is 2.80 bits per heavy atom. The molecule has 7 nitrogen and oxygen atoms in total. The first kappa shape index (κ1) is 16.6. The van der Waals surface area contributed by atoms with Crippen molar-refractivity contribution in [2.75, 3.05) is 13.1 Å². The van der Waals surface area contributed by atoms with Crippen molar-refractivity contribution < 1.29 is 9.72 Å². The summed E-state index contributed by atoms with van der Waals surface area (Å²) in [4.78, 5) is 26.9. The van der Waals surface area contributed by atoms with Crippen molar-refractivity contribution in [1.29, 1.82) is 0 Å². The second kappa shape index (κ2) is 7.12. The van der Waals surface area contributed by atoms with Gasteiger partial charge < -0.3 is 10.6 Å². The van der Waals surface area contributed by atoms with E-state index in [1.165, 1.54) is 23.8 Å². The first-order chi connectivity index (χ1) is 12.1. The van der Waals surface area contributed by atoms with Gasteiger partial charge in [0.2, 0.25) is 0 Å². The second-order valence-electron chi connectivity index (χ2n) is 5.76. The molecule has 7 heteroatoms. The van der Waals surface area contributed by atoms with Crippen LogP contribution in [0.1, 0.15) is 27.0 Å². The maximum atomic E-state index is 12.1. The number of nitrogens with zero attached hydrogens (tertiary/aromatic N) is 2. The fourth-order valence-electron chi connectivity index (χ4n) is 2.75. The van der Waals surface area contributed by atoms with E-state index in [0.29, 0.717) is 30.8 Å². The van der Waals surface area contributed by atoms with E-state index in [9.17, 15) is 14.9 Å². The van der Waals surface area contributed by atoms with Gasteiger partial charge in [-0.05, 0) is 24.6 Å². The standard InChI is InChI=1S/C18H18N4O3/c1-12-10-13(6-7-16(12)22(24)25)18(23)20-9-8-19-17-15-5-3-2-4-14(15)11-21-17/h2-7,10H,8-9,11H2,1H3,(H,19,21)(H,20,23). The average molecular weight is 338 g/mol. The summed E-state index contributed by atoms with van der Waals surface area (Å²) < 4.78 is 0. The highest BCUT2D eigenvalue weighted by atomic mass is 16.6. The van der Waals surface area contributed by atoms with Crippen LogP contribution in [0, 0.1) is 17.0 Å². The Balaban J connectivity index is 1.51. The SMILES string of the molecule is Cc1cc(C(=O)NCCNC2=NCc3ccccc32)ccc1[N+](=O)[O-]. The van der Waals surface area contributed by atoms with Gasteiger partial charge in [0.15, 0.2) is 0 Å². The first-order valence-electron chi connectivity index (χ1n) is 7.96. The van der Waals surface area contributed by atoms with Gasteiger partial charge in [0.1, 0.15) is 5.84 Å². The van der Waals surface area contributed by atoms with Crippen LogP contribution in [-0.4, -0.2) is 29.8 Å². The molecule has 0 aromatic heterocycles. The number of amidine groups is 1. The molecule has 0 unspecified atom stereocenters.